The molecule has 0 atom stereocenters. The molecule has 0 radical (unpaired) electrons. The first-order valence-corrected chi connectivity index (χ1v) is 26.4. The summed E-state index contributed by atoms with van der Waals surface area (Å²) in [5.74, 6) is 0. The molecule has 0 saturated carbocycles. The predicted molar refractivity (Wildman–Crippen MR) is 284 cm³/mol. The van der Waals surface area contributed by atoms with Crippen molar-refractivity contribution in [1.29, 1.82) is 0 Å². The molecule has 2 heteroatoms. The zero-order valence-corrected chi connectivity index (χ0v) is 41.0. The van der Waals surface area contributed by atoms with Crippen LogP contribution in [0.5, 0.6) is 0 Å². The molecule has 0 unspecified atom stereocenters. The van der Waals surface area contributed by atoms with Gasteiger partial charge in [-0.2, -0.15) is 0 Å². The highest BCUT2D eigenvalue weighted by molar-refractivity contribution is 7.24. The number of fused-ring (bicyclic) bond motifs is 12. The van der Waals surface area contributed by atoms with E-state index in [1.165, 1.54) is 124 Å². The number of hydrogen-bond donors (Lipinski definition) is 0. The first kappa shape index (κ1) is 41.2. The Kier molecular flexibility index (Phi) is 8.99. The van der Waals surface area contributed by atoms with Gasteiger partial charge in [-0.25, -0.2) is 0 Å². The highest BCUT2D eigenvalue weighted by Gasteiger charge is 2.54. The van der Waals surface area contributed by atoms with Crippen molar-refractivity contribution in [1.82, 2.24) is 0 Å². The number of nitrogens with zero attached hydrogens (tertiary/aromatic N) is 1. The third-order valence-corrected chi connectivity index (χ3v) is 21.8. The molecule has 66 heavy (non-hydrogen) atoms. The van der Waals surface area contributed by atoms with Gasteiger partial charge in [-0.15, -0.1) is 0 Å². The summed E-state index contributed by atoms with van der Waals surface area (Å²) in [5.41, 5.74) is 20.5. The second-order valence-electron chi connectivity index (χ2n) is 22.5. The molecule has 1 spiro atoms. The van der Waals surface area contributed by atoms with Crippen LogP contribution < -0.4 is 25.6 Å². The Hall–Kier alpha value is -6.22. The van der Waals surface area contributed by atoms with Crippen molar-refractivity contribution >= 4 is 45.9 Å². The minimum atomic E-state index is -2.51. The lowest BCUT2D eigenvalue weighted by molar-refractivity contribution is 0.332. The van der Waals surface area contributed by atoms with Crippen LogP contribution in [0.3, 0.4) is 0 Å². The molecule has 0 amide bonds. The van der Waals surface area contributed by atoms with Crippen molar-refractivity contribution in [3.05, 3.63) is 198 Å². The van der Waals surface area contributed by atoms with E-state index in [4.69, 9.17) is 0 Å². The summed E-state index contributed by atoms with van der Waals surface area (Å²) in [4.78, 5) is 2.62. The smallest absolute Gasteiger partial charge is 0.182 e. The van der Waals surface area contributed by atoms with Gasteiger partial charge in [0.1, 0.15) is 0 Å². The van der Waals surface area contributed by atoms with Crippen LogP contribution in [0.25, 0.3) is 44.5 Å². The molecule has 326 valence electrons. The Morgan fingerprint density at radius 1 is 0.333 bits per heavy atom. The summed E-state index contributed by atoms with van der Waals surface area (Å²) in [7, 11) is -2.51. The van der Waals surface area contributed by atoms with Crippen LogP contribution in [0.1, 0.15) is 103 Å². The van der Waals surface area contributed by atoms with Crippen LogP contribution in [0.15, 0.2) is 176 Å². The van der Waals surface area contributed by atoms with Crippen molar-refractivity contribution < 1.29 is 0 Å². The molecule has 8 aromatic rings. The third kappa shape index (κ3) is 5.89. The highest BCUT2D eigenvalue weighted by Crippen LogP contribution is 2.54. The summed E-state index contributed by atoms with van der Waals surface area (Å²) in [6.07, 6.45) is 4.72. The van der Waals surface area contributed by atoms with Gasteiger partial charge in [0.05, 0.1) is 11.4 Å². The molecule has 0 bridgehead atoms. The van der Waals surface area contributed by atoms with Gasteiger partial charge in [-0.1, -0.05) is 201 Å². The fourth-order valence-electron chi connectivity index (χ4n) is 13.1. The van der Waals surface area contributed by atoms with E-state index in [0.29, 0.717) is 0 Å². The average Bonchev–Trinajstić information content (AvgIpc) is 3.79. The monoisotopic (exact) mass is 871 g/mol. The maximum Gasteiger partial charge on any atom is 0.182 e. The minimum absolute atomic E-state index is 0.00161. The molecule has 4 aliphatic rings. The van der Waals surface area contributed by atoms with Gasteiger partial charge >= 0.3 is 0 Å². The van der Waals surface area contributed by atoms with Crippen LogP contribution in [-0.2, 0) is 21.7 Å². The molecule has 0 fully saturated rings. The van der Waals surface area contributed by atoms with Crippen LogP contribution in [0.2, 0.25) is 0 Å². The Labute approximate surface area is 394 Å². The van der Waals surface area contributed by atoms with E-state index in [0.717, 1.165) is 6.42 Å². The standard InChI is InChI=1S/C64H61NSi/c1-61(2)35-36-63(5,6)53-41-44(31-33-51(53)61)46-21-9-13-26-54(46)65(55-27-18-25-52-60(55)64(7,8)38-37-62(52,3)4)45-20-17-19-42(39-45)43-32-34-59-50(40-43)49-24-12-16-30-58(49)66(59)56-28-14-10-22-47(56)48-23-11-15-29-57(48)66/h9-34,39-41H,35-38H2,1-8H3. The molecule has 8 aromatic carbocycles. The van der Waals surface area contributed by atoms with Gasteiger partial charge in [0.15, 0.2) is 8.07 Å². The lowest BCUT2D eigenvalue weighted by Crippen LogP contribution is -2.70. The first-order chi connectivity index (χ1) is 31.7. The second-order valence-corrected chi connectivity index (χ2v) is 26.2. The Balaban J connectivity index is 1.06. The summed E-state index contributed by atoms with van der Waals surface area (Å²) in [6, 6.07) is 68.4. The van der Waals surface area contributed by atoms with E-state index in [2.05, 4.69) is 236 Å². The molecule has 0 N–H and O–H groups in total. The topological polar surface area (TPSA) is 3.24 Å². The van der Waals surface area contributed by atoms with E-state index < -0.39 is 8.07 Å². The maximum absolute atomic E-state index is 2.62. The van der Waals surface area contributed by atoms with Crippen molar-refractivity contribution in [2.24, 2.45) is 0 Å². The van der Waals surface area contributed by atoms with Gasteiger partial charge in [0.25, 0.3) is 0 Å². The van der Waals surface area contributed by atoms with Crippen molar-refractivity contribution in [2.45, 2.75) is 103 Å². The first-order valence-electron chi connectivity index (χ1n) is 24.4. The quantitative estimate of drug-likeness (QED) is 0.156. The molecule has 2 heterocycles. The lowest BCUT2D eigenvalue weighted by Gasteiger charge is -2.45. The van der Waals surface area contributed by atoms with Gasteiger partial charge in [-0.05, 0) is 160 Å². The molecule has 0 saturated heterocycles. The third-order valence-electron chi connectivity index (χ3n) is 16.8. The highest BCUT2D eigenvalue weighted by atomic mass is 28.3. The van der Waals surface area contributed by atoms with Crippen LogP contribution in [-0.4, -0.2) is 8.07 Å². The molecule has 0 aromatic heterocycles. The molecular weight excluding hydrogens is 811 g/mol. The number of para-hydroxylation sites is 1. The minimum Gasteiger partial charge on any atom is -0.310 e. The number of benzene rings is 8. The van der Waals surface area contributed by atoms with E-state index in [9.17, 15) is 0 Å². The zero-order valence-electron chi connectivity index (χ0n) is 40.0. The van der Waals surface area contributed by atoms with Crippen LogP contribution in [0, 0.1) is 0 Å². The van der Waals surface area contributed by atoms with Crippen LogP contribution in [0.4, 0.5) is 17.1 Å². The summed E-state index contributed by atoms with van der Waals surface area (Å²) >= 11 is 0. The normalized spacial score (nSPS) is 18.1. The summed E-state index contributed by atoms with van der Waals surface area (Å²) in [6.45, 7) is 19.6. The average molecular weight is 872 g/mol. The fourth-order valence-corrected chi connectivity index (χ4v) is 18.7. The number of anilines is 3. The van der Waals surface area contributed by atoms with Gasteiger partial charge in [0.2, 0.25) is 0 Å². The Bertz CT molecular complexity index is 3240. The lowest BCUT2D eigenvalue weighted by atomic mass is 9.62. The van der Waals surface area contributed by atoms with Crippen molar-refractivity contribution in [3.63, 3.8) is 0 Å². The fraction of sp³-hybridized carbons (Fsp3) is 0.250. The maximum atomic E-state index is 2.62. The SMILES string of the molecule is CC1(C)CCC(C)(C)c2cc(-c3ccccc3N(c3cccc(-c4ccc5c(c4)-c4ccccc4[Si]54c5ccccc5-c5ccccc54)c3)c3cccc4c3C(C)(C)CCC4(C)C)ccc21. The Morgan fingerprint density at radius 2 is 0.818 bits per heavy atom. The number of hydrogen-bond acceptors (Lipinski definition) is 1. The van der Waals surface area contributed by atoms with Gasteiger partial charge in [0, 0.05) is 11.3 Å². The van der Waals surface area contributed by atoms with Crippen molar-refractivity contribution in [2.75, 3.05) is 4.90 Å². The van der Waals surface area contributed by atoms with Gasteiger partial charge < -0.3 is 4.90 Å². The van der Waals surface area contributed by atoms with Crippen LogP contribution >= 0.6 is 0 Å². The molecule has 1 nitrogen and oxygen atoms in total. The largest absolute Gasteiger partial charge is 0.310 e. The predicted octanol–water partition coefficient (Wildman–Crippen LogP) is 14.5. The summed E-state index contributed by atoms with van der Waals surface area (Å²) < 4.78 is 0. The van der Waals surface area contributed by atoms with E-state index in [-0.39, 0.29) is 21.7 Å². The van der Waals surface area contributed by atoms with E-state index in [1.807, 2.05) is 0 Å². The second kappa shape index (κ2) is 14.4. The molecule has 2 aliphatic heterocycles. The molecular formula is C64H61NSi. The van der Waals surface area contributed by atoms with E-state index in [1.54, 1.807) is 0 Å². The van der Waals surface area contributed by atoms with E-state index >= 15 is 0 Å². The van der Waals surface area contributed by atoms with Crippen molar-refractivity contribution in [3.8, 4) is 44.5 Å². The Morgan fingerprint density at radius 3 is 1.48 bits per heavy atom. The molecule has 2 aliphatic carbocycles. The number of rotatable bonds is 5. The summed E-state index contributed by atoms with van der Waals surface area (Å²) in [5, 5.41) is 6.06. The molecule has 12 rings (SSSR count). The zero-order chi connectivity index (χ0) is 45.4. The van der Waals surface area contributed by atoms with Gasteiger partial charge in [-0.3, -0.25) is 0 Å².